The van der Waals surface area contributed by atoms with Crippen molar-refractivity contribution >= 4 is 66.7 Å². The highest BCUT2D eigenvalue weighted by atomic mass is 32.1. The van der Waals surface area contributed by atoms with Gasteiger partial charge in [0.25, 0.3) is 0 Å². The number of aliphatic hydroxyl groups is 1. The van der Waals surface area contributed by atoms with Crippen LogP contribution in [0.3, 0.4) is 0 Å². The van der Waals surface area contributed by atoms with Gasteiger partial charge in [-0.3, -0.25) is 28.8 Å². The highest BCUT2D eigenvalue weighted by Gasteiger charge is 2.32. The molecule has 7 atom stereocenters. The summed E-state index contributed by atoms with van der Waals surface area (Å²) >= 11 is 8.12. The van der Waals surface area contributed by atoms with Crippen LogP contribution in [-0.2, 0) is 40.0 Å². The monoisotopic (exact) mass is 713 g/mol. The first-order valence-corrected chi connectivity index (χ1v) is 16.4. The van der Waals surface area contributed by atoms with Gasteiger partial charge in [0.2, 0.25) is 35.4 Å². The van der Waals surface area contributed by atoms with E-state index < -0.39 is 84.4 Å². The SMILES string of the molecule is C[C@H](NC(=O)[C@@H]1CCCN1)C(=O)N[C@@H](CS)C(=O)N[C@H](C(=O)NCC(=O)N[C@@H](CS)C(=O)N[C@@H](Cc1ccc(O)cc1)C(=O)O)[C@@H](C)O. The number of amides is 6. The van der Waals surface area contributed by atoms with E-state index in [1.54, 1.807) is 0 Å². The molecule has 1 aliphatic heterocycles. The molecule has 1 fully saturated rings. The number of carbonyl (C=O) groups excluding carboxylic acids is 6. The van der Waals surface area contributed by atoms with Crippen LogP contribution in [0.4, 0.5) is 0 Å². The van der Waals surface area contributed by atoms with Crippen molar-refractivity contribution < 1.29 is 48.9 Å². The molecule has 6 amide bonds. The molecule has 0 saturated carbocycles. The molecule has 2 rings (SSSR count). The smallest absolute Gasteiger partial charge is 0.326 e. The number of nitrogens with one attached hydrogen (secondary N) is 7. The van der Waals surface area contributed by atoms with Crippen molar-refractivity contribution in [2.45, 2.75) is 75.5 Å². The third-order valence-corrected chi connectivity index (χ3v) is 7.99. The number of hydrogen-bond acceptors (Lipinski definition) is 12. The molecule has 0 spiro atoms. The number of carbonyl (C=O) groups is 7. The molecule has 19 heteroatoms. The van der Waals surface area contributed by atoms with Crippen molar-refractivity contribution in [1.82, 2.24) is 37.2 Å². The zero-order valence-electron chi connectivity index (χ0n) is 26.4. The number of phenols is 1. The van der Waals surface area contributed by atoms with Gasteiger partial charge in [-0.2, -0.15) is 25.3 Å². The maximum Gasteiger partial charge on any atom is 0.326 e. The van der Waals surface area contributed by atoms with E-state index in [2.05, 4.69) is 62.5 Å². The first-order chi connectivity index (χ1) is 22.7. The highest BCUT2D eigenvalue weighted by molar-refractivity contribution is 7.80. The lowest BCUT2D eigenvalue weighted by Gasteiger charge is -2.25. The highest BCUT2D eigenvalue weighted by Crippen LogP contribution is 2.12. The van der Waals surface area contributed by atoms with Crippen LogP contribution < -0.4 is 37.2 Å². The Balaban J connectivity index is 1.90. The Bertz CT molecular complexity index is 1310. The first kappa shape index (κ1) is 40.1. The third-order valence-electron chi connectivity index (χ3n) is 7.26. The Morgan fingerprint density at radius 1 is 0.833 bits per heavy atom. The zero-order chi connectivity index (χ0) is 36.0. The molecule has 48 heavy (non-hydrogen) atoms. The second-order valence-electron chi connectivity index (χ2n) is 11.1. The fraction of sp³-hybridized carbons (Fsp3) is 0.552. The number of benzene rings is 1. The Morgan fingerprint density at radius 3 is 1.96 bits per heavy atom. The summed E-state index contributed by atoms with van der Waals surface area (Å²) in [6.45, 7) is 2.66. The van der Waals surface area contributed by atoms with Crippen molar-refractivity contribution in [2.75, 3.05) is 24.6 Å². The first-order valence-electron chi connectivity index (χ1n) is 15.1. The number of aliphatic hydroxyl groups excluding tert-OH is 1. The number of rotatable bonds is 18. The van der Waals surface area contributed by atoms with Crippen molar-refractivity contribution in [2.24, 2.45) is 0 Å². The lowest BCUT2D eigenvalue weighted by atomic mass is 10.1. The fourth-order valence-electron chi connectivity index (χ4n) is 4.49. The quantitative estimate of drug-likeness (QED) is 0.0667. The van der Waals surface area contributed by atoms with Gasteiger partial charge in [0.1, 0.15) is 36.0 Å². The Hall–Kier alpha value is -4.07. The van der Waals surface area contributed by atoms with Crippen molar-refractivity contribution in [1.29, 1.82) is 0 Å². The molecule has 1 saturated heterocycles. The molecule has 0 aromatic heterocycles. The van der Waals surface area contributed by atoms with Crippen molar-refractivity contribution in [3.63, 3.8) is 0 Å². The molecule has 1 aromatic carbocycles. The summed E-state index contributed by atoms with van der Waals surface area (Å²) in [6.07, 6.45) is -0.0889. The number of carboxylic acid groups (broad SMARTS) is 1. The molecule has 1 heterocycles. The van der Waals surface area contributed by atoms with Crippen molar-refractivity contribution in [3.05, 3.63) is 29.8 Å². The molecule has 1 aliphatic rings. The molecule has 0 bridgehead atoms. The van der Waals surface area contributed by atoms with Crippen LogP contribution in [0.1, 0.15) is 32.3 Å². The predicted molar refractivity (Wildman–Crippen MR) is 178 cm³/mol. The molecule has 0 unspecified atom stereocenters. The molecule has 1 aromatic rings. The molecule has 0 radical (unpaired) electrons. The van der Waals surface area contributed by atoms with Gasteiger partial charge in [-0.05, 0) is 50.9 Å². The predicted octanol–water partition coefficient (Wildman–Crippen LogP) is -3.43. The van der Waals surface area contributed by atoms with Gasteiger partial charge in [0.15, 0.2) is 0 Å². The molecular formula is C29H43N7O10S2. The molecule has 0 aliphatic carbocycles. The maximum atomic E-state index is 12.9. The van der Waals surface area contributed by atoms with Gasteiger partial charge in [0, 0.05) is 17.9 Å². The Morgan fingerprint density at radius 2 is 1.42 bits per heavy atom. The van der Waals surface area contributed by atoms with Crippen LogP contribution in [0.15, 0.2) is 24.3 Å². The van der Waals surface area contributed by atoms with E-state index in [0.717, 1.165) is 6.42 Å². The minimum Gasteiger partial charge on any atom is -0.508 e. The summed E-state index contributed by atoms with van der Waals surface area (Å²) in [5, 5.41) is 46.4. The van der Waals surface area contributed by atoms with Gasteiger partial charge in [-0.1, -0.05) is 12.1 Å². The maximum absolute atomic E-state index is 12.9. The number of thiol groups is 2. The summed E-state index contributed by atoms with van der Waals surface area (Å²) in [5.41, 5.74) is 0.521. The van der Waals surface area contributed by atoms with Crippen LogP contribution in [0, 0.1) is 0 Å². The number of phenolic OH excluding ortho intramolecular Hbond substituents is 1. The normalized spacial score (nSPS) is 17.7. The third kappa shape index (κ3) is 12.9. The van der Waals surface area contributed by atoms with Gasteiger partial charge >= 0.3 is 5.97 Å². The van der Waals surface area contributed by atoms with E-state index in [0.29, 0.717) is 18.5 Å². The van der Waals surface area contributed by atoms with Gasteiger partial charge in [-0.15, -0.1) is 0 Å². The summed E-state index contributed by atoms with van der Waals surface area (Å²) in [4.78, 5) is 87.7. The van der Waals surface area contributed by atoms with E-state index in [1.165, 1.54) is 38.1 Å². The van der Waals surface area contributed by atoms with Crippen molar-refractivity contribution in [3.8, 4) is 5.75 Å². The second kappa shape index (κ2) is 19.7. The molecule has 266 valence electrons. The van der Waals surface area contributed by atoms with E-state index >= 15 is 0 Å². The lowest BCUT2D eigenvalue weighted by Crippen LogP contribution is -2.60. The Kier molecular flexibility index (Phi) is 16.4. The standard InChI is InChI=1S/C29H43N7O10S2/c1-14(32-25(41)18-4-3-9-30-18)24(40)35-21(13-48)27(43)36-23(15(2)37)28(44)31-11-22(39)33-20(12-47)26(42)34-19(29(45)46)10-16-5-7-17(38)8-6-16/h5-8,14-15,18-21,23,30,37-38,47-48H,3-4,9-13H2,1-2H3,(H,31,44)(H,32,41)(H,33,39)(H,34,42)(H,35,40)(H,36,43)(H,45,46)/t14-,15+,18-,19-,20-,21-,23-/m0/s1. The average Bonchev–Trinajstić information content (AvgIpc) is 3.59. The minimum atomic E-state index is -1.56. The fourth-order valence-corrected chi connectivity index (χ4v) is 5.01. The molecular weight excluding hydrogens is 670 g/mol. The summed E-state index contributed by atoms with van der Waals surface area (Å²) in [7, 11) is 0. The van der Waals surface area contributed by atoms with E-state index in [4.69, 9.17) is 0 Å². The summed E-state index contributed by atoms with van der Waals surface area (Å²) in [6, 6.07) is -1.13. The van der Waals surface area contributed by atoms with Gasteiger partial charge in [-0.25, -0.2) is 4.79 Å². The number of aromatic hydroxyl groups is 1. The summed E-state index contributed by atoms with van der Waals surface area (Å²) < 4.78 is 0. The summed E-state index contributed by atoms with van der Waals surface area (Å²) in [5.74, 6) is -6.34. The molecule has 10 N–H and O–H groups in total. The average molecular weight is 714 g/mol. The van der Waals surface area contributed by atoms with Crippen LogP contribution in [-0.4, -0.2) is 124 Å². The minimum absolute atomic E-state index is 0.0161. The van der Waals surface area contributed by atoms with Crippen LogP contribution in [0.25, 0.3) is 0 Å². The topological polar surface area (TPSA) is 264 Å². The number of carboxylic acids is 1. The number of aliphatic carboxylic acids is 1. The van der Waals surface area contributed by atoms with E-state index in [1.807, 2.05) is 0 Å². The van der Waals surface area contributed by atoms with Crippen LogP contribution >= 0.6 is 25.3 Å². The zero-order valence-corrected chi connectivity index (χ0v) is 28.2. The largest absolute Gasteiger partial charge is 0.508 e. The Labute approximate surface area is 287 Å². The van der Waals surface area contributed by atoms with E-state index in [-0.39, 0.29) is 29.6 Å². The van der Waals surface area contributed by atoms with Crippen LogP contribution in [0.5, 0.6) is 5.75 Å². The van der Waals surface area contributed by atoms with E-state index in [9.17, 15) is 48.9 Å². The lowest BCUT2D eigenvalue weighted by molar-refractivity contribution is -0.142. The number of hydrogen-bond donors (Lipinski definition) is 12. The van der Waals surface area contributed by atoms with Gasteiger partial charge in [0.05, 0.1) is 18.7 Å². The van der Waals surface area contributed by atoms with Crippen LogP contribution in [0.2, 0.25) is 0 Å². The molecule has 17 nitrogen and oxygen atoms in total. The van der Waals surface area contributed by atoms with Gasteiger partial charge < -0.3 is 52.5 Å². The second-order valence-corrected chi connectivity index (χ2v) is 11.9.